The summed E-state index contributed by atoms with van der Waals surface area (Å²) in [7, 11) is 0. The van der Waals surface area contributed by atoms with Crippen LogP contribution in [0.25, 0.3) is 10.8 Å². The van der Waals surface area contributed by atoms with Crippen LogP contribution in [-0.2, 0) is 0 Å². The topological polar surface area (TPSA) is 64.9 Å². The summed E-state index contributed by atoms with van der Waals surface area (Å²) >= 11 is 1.63. The van der Waals surface area contributed by atoms with E-state index < -0.39 is 0 Å². The predicted molar refractivity (Wildman–Crippen MR) is 55.0 cm³/mol. The average Bonchev–Trinajstić information content (AvgIpc) is 2.70. The molecule has 0 aromatic carbocycles. The first-order valence-corrected chi connectivity index (χ1v) is 5.14. The van der Waals surface area contributed by atoms with Gasteiger partial charge in [0.25, 0.3) is 5.89 Å². The van der Waals surface area contributed by atoms with Gasteiger partial charge in [-0.25, -0.2) is 0 Å². The molecule has 0 aliphatic rings. The van der Waals surface area contributed by atoms with E-state index in [1.807, 2.05) is 26.0 Å². The van der Waals surface area contributed by atoms with Crippen LogP contribution in [0.4, 0.5) is 0 Å². The van der Waals surface area contributed by atoms with Crippen molar-refractivity contribution in [1.29, 1.82) is 0 Å². The molecule has 74 valence electrons. The predicted octanol–water partition coefficient (Wildman–Crippen LogP) is 2.13. The lowest BCUT2D eigenvalue weighted by Gasteiger charge is -1.92. The number of nitrogens with zero attached hydrogens (tertiary/aromatic N) is 2. The van der Waals surface area contributed by atoms with Gasteiger partial charge in [-0.1, -0.05) is 5.16 Å². The summed E-state index contributed by atoms with van der Waals surface area (Å²) in [6, 6.07) is 3.81. The summed E-state index contributed by atoms with van der Waals surface area (Å²) in [4.78, 5) is 6.41. The Morgan fingerprint density at radius 2 is 2.29 bits per heavy atom. The zero-order chi connectivity index (χ0) is 10.1. The van der Waals surface area contributed by atoms with E-state index in [9.17, 15) is 0 Å². The minimum atomic E-state index is -0.187. The van der Waals surface area contributed by atoms with Crippen molar-refractivity contribution in [1.82, 2.24) is 10.1 Å². The molecular weight excluding hydrogens is 198 g/mol. The molecule has 1 unspecified atom stereocenters. The summed E-state index contributed by atoms with van der Waals surface area (Å²) in [5.74, 6) is 1.10. The van der Waals surface area contributed by atoms with E-state index in [1.54, 1.807) is 11.3 Å². The van der Waals surface area contributed by atoms with Gasteiger partial charge in [0.1, 0.15) is 0 Å². The monoisotopic (exact) mass is 209 g/mol. The Kier molecular flexibility index (Phi) is 2.35. The summed E-state index contributed by atoms with van der Waals surface area (Å²) in [5.41, 5.74) is 5.63. The second kappa shape index (κ2) is 3.51. The van der Waals surface area contributed by atoms with Gasteiger partial charge in [0.05, 0.1) is 10.9 Å². The highest BCUT2D eigenvalue weighted by Gasteiger charge is 2.12. The van der Waals surface area contributed by atoms with Gasteiger partial charge in [0.2, 0.25) is 0 Å². The maximum absolute atomic E-state index is 5.63. The van der Waals surface area contributed by atoms with Crippen molar-refractivity contribution in [2.75, 3.05) is 0 Å². The Bertz CT molecular complexity index is 433. The summed E-state index contributed by atoms with van der Waals surface area (Å²) in [5, 5.41) is 3.80. The van der Waals surface area contributed by atoms with E-state index in [2.05, 4.69) is 10.1 Å². The second-order valence-corrected chi connectivity index (χ2v) is 4.44. The lowest BCUT2D eigenvalue weighted by Crippen LogP contribution is -2.06. The highest BCUT2D eigenvalue weighted by atomic mass is 32.1. The quantitative estimate of drug-likeness (QED) is 0.822. The molecule has 5 heteroatoms. The number of thiophene rings is 1. The standard InChI is InChI=1S/C9H11N3OS/c1-5-3-4-7(14-5)9-11-8(6(2)10)12-13-9/h3-4,6H,10H2,1-2H3. The normalized spacial score (nSPS) is 13.1. The summed E-state index contributed by atoms with van der Waals surface area (Å²) in [6.07, 6.45) is 0. The van der Waals surface area contributed by atoms with Crippen LogP contribution in [0.3, 0.4) is 0 Å². The minimum Gasteiger partial charge on any atom is -0.333 e. The molecule has 0 saturated carbocycles. The van der Waals surface area contributed by atoms with Crippen molar-refractivity contribution in [2.24, 2.45) is 5.73 Å². The molecular formula is C9H11N3OS. The molecule has 0 radical (unpaired) electrons. The first kappa shape index (κ1) is 9.36. The van der Waals surface area contributed by atoms with Crippen LogP contribution >= 0.6 is 11.3 Å². The highest BCUT2D eigenvalue weighted by Crippen LogP contribution is 2.26. The Morgan fingerprint density at radius 1 is 1.50 bits per heavy atom. The van der Waals surface area contributed by atoms with Crippen LogP contribution in [0.5, 0.6) is 0 Å². The fraction of sp³-hybridized carbons (Fsp3) is 0.333. The number of aromatic nitrogens is 2. The Hall–Kier alpha value is -1.20. The highest BCUT2D eigenvalue weighted by molar-refractivity contribution is 7.15. The molecule has 2 rings (SSSR count). The van der Waals surface area contributed by atoms with Gasteiger partial charge in [-0.05, 0) is 26.0 Å². The minimum absolute atomic E-state index is 0.187. The van der Waals surface area contributed by atoms with Crippen LogP contribution in [-0.4, -0.2) is 10.1 Å². The Balaban J connectivity index is 2.33. The molecule has 4 nitrogen and oxygen atoms in total. The molecule has 0 fully saturated rings. The number of hydrogen-bond acceptors (Lipinski definition) is 5. The molecule has 0 spiro atoms. The zero-order valence-electron chi connectivity index (χ0n) is 8.02. The van der Waals surface area contributed by atoms with Gasteiger partial charge in [-0.15, -0.1) is 11.3 Å². The molecule has 0 aliphatic heterocycles. The van der Waals surface area contributed by atoms with Crippen molar-refractivity contribution in [3.8, 4) is 10.8 Å². The molecule has 2 heterocycles. The van der Waals surface area contributed by atoms with Gasteiger partial charge in [-0.3, -0.25) is 0 Å². The van der Waals surface area contributed by atoms with E-state index >= 15 is 0 Å². The zero-order valence-corrected chi connectivity index (χ0v) is 8.84. The average molecular weight is 209 g/mol. The number of rotatable bonds is 2. The summed E-state index contributed by atoms with van der Waals surface area (Å²) < 4.78 is 5.09. The second-order valence-electron chi connectivity index (χ2n) is 3.16. The molecule has 0 bridgehead atoms. The van der Waals surface area contributed by atoms with Crippen LogP contribution in [0.2, 0.25) is 0 Å². The van der Waals surface area contributed by atoms with E-state index in [0.717, 1.165) is 4.88 Å². The molecule has 2 N–H and O–H groups in total. The molecule has 2 aromatic rings. The first-order valence-electron chi connectivity index (χ1n) is 4.33. The van der Waals surface area contributed by atoms with Crippen LogP contribution in [0.15, 0.2) is 16.7 Å². The molecule has 0 aliphatic carbocycles. The third-order valence-electron chi connectivity index (χ3n) is 1.80. The van der Waals surface area contributed by atoms with Crippen LogP contribution in [0, 0.1) is 6.92 Å². The van der Waals surface area contributed by atoms with Crippen molar-refractivity contribution >= 4 is 11.3 Å². The number of hydrogen-bond donors (Lipinski definition) is 1. The van der Waals surface area contributed by atoms with Gasteiger partial charge >= 0.3 is 0 Å². The third kappa shape index (κ3) is 1.69. The summed E-state index contributed by atoms with van der Waals surface area (Å²) in [6.45, 7) is 3.87. The van der Waals surface area contributed by atoms with Crippen molar-refractivity contribution in [2.45, 2.75) is 19.9 Å². The van der Waals surface area contributed by atoms with Gasteiger partial charge < -0.3 is 10.3 Å². The van der Waals surface area contributed by atoms with Gasteiger partial charge in [0, 0.05) is 4.88 Å². The smallest absolute Gasteiger partial charge is 0.268 e. The van der Waals surface area contributed by atoms with Crippen LogP contribution in [0.1, 0.15) is 23.7 Å². The number of aryl methyl sites for hydroxylation is 1. The number of nitrogens with two attached hydrogens (primary N) is 1. The molecule has 0 amide bonds. The maximum Gasteiger partial charge on any atom is 0.268 e. The van der Waals surface area contributed by atoms with Gasteiger partial charge in [-0.2, -0.15) is 4.98 Å². The van der Waals surface area contributed by atoms with Crippen LogP contribution < -0.4 is 5.73 Å². The Morgan fingerprint density at radius 3 is 2.79 bits per heavy atom. The largest absolute Gasteiger partial charge is 0.333 e. The lowest BCUT2D eigenvalue weighted by atomic mass is 10.3. The van der Waals surface area contributed by atoms with Gasteiger partial charge in [0.15, 0.2) is 5.82 Å². The molecule has 1 atom stereocenters. The third-order valence-corrected chi connectivity index (χ3v) is 2.79. The Labute approximate surface area is 85.7 Å². The van der Waals surface area contributed by atoms with Crippen molar-refractivity contribution in [3.05, 3.63) is 22.8 Å². The maximum atomic E-state index is 5.63. The molecule has 0 saturated heterocycles. The molecule has 14 heavy (non-hydrogen) atoms. The van der Waals surface area contributed by atoms with E-state index in [4.69, 9.17) is 10.3 Å². The lowest BCUT2D eigenvalue weighted by molar-refractivity contribution is 0.419. The van der Waals surface area contributed by atoms with Crippen molar-refractivity contribution < 1.29 is 4.52 Å². The van der Waals surface area contributed by atoms with E-state index in [-0.39, 0.29) is 6.04 Å². The fourth-order valence-corrected chi connectivity index (χ4v) is 1.86. The molecule has 2 aromatic heterocycles. The van der Waals surface area contributed by atoms with E-state index in [0.29, 0.717) is 11.7 Å². The van der Waals surface area contributed by atoms with E-state index in [1.165, 1.54) is 4.88 Å². The SMILES string of the molecule is Cc1ccc(-c2nc(C(C)N)no2)s1. The fourth-order valence-electron chi connectivity index (χ4n) is 1.07. The first-order chi connectivity index (χ1) is 6.66. The van der Waals surface area contributed by atoms with Crippen molar-refractivity contribution in [3.63, 3.8) is 0 Å².